The molecule has 9 atom stereocenters. The van der Waals surface area contributed by atoms with Crippen LogP contribution in [0.2, 0.25) is 0 Å². The van der Waals surface area contributed by atoms with Gasteiger partial charge < -0.3 is 30.2 Å². The standard InChI is InChI=1S/C35H42FNO7/c1-32-8-7-20(39)9-18(32)3-5-23-25-11-29-35(28(41)17-38,33(25,2)16-27(40)30(23)32)44-31(43-29)24-6-4-21(10-26(24)36)42-22-14-34(15-22)12-19(37)13-34/h4,6-10,19,22-23,25,27,29-31,38,40H,3,5,11-17,37H2,1-2H3/t19?,22?,23-,25-,27-,29+,30+,31+,32-,33-,34?,35+/m0/s1. The second-order valence-corrected chi connectivity index (χ2v) is 15.3. The molecule has 1 saturated heterocycles. The zero-order chi connectivity index (χ0) is 30.8. The predicted octanol–water partition coefficient (Wildman–Crippen LogP) is 4.08. The molecule has 0 amide bonds. The maximum atomic E-state index is 15.6. The summed E-state index contributed by atoms with van der Waals surface area (Å²) in [6.45, 7) is 3.33. The number of carbonyl (C=O) groups is 2. The third-order valence-corrected chi connectivity index (χ3v) is 13.0. The van der Waals surface area contributed by atoms with Gasteiger partial charge in [-0.3, -0.25) is 9.59 Å². The van der Waals surface area contributed by atoms with Crippen molar-refractivity contribution in [2.75, 3.05) is 6.61 Å². The van der Waals surface area contributed by atoms with Crippen LogP contribution in [0, 0.1) is 39.8 Å². The van der Waals surface area contributed by atoms with Gasteiger partial charge in [0.2, 0.25) is 0 Å². The fraction of sp³-hybridized carbons (Fsp3) is 0.657. The van der Waals surface area contributed by atoms with Crippen molar-refractivity contribution < 1.29 is 38.4 Å². The van der Waals surface area contributed by atoms with Crippen molar-refractivity contribution >= 4 is 11.6 Å². The molecule has 0 aromatic heterocycles. The van der Waals surface area contributed by atoms with Gasteiger partial charge in [0.25, 0.3) is 0 Å². The van der Waals surface area contributed by atoms with Crippen molar-refractivity contribution in [1.82, 2.24) is 0 Å². The van der Waals surface area contributed by atoms with E-state index in [4.69, 9.17) is 19.9 Å². The summed E-state index contributed by atoms with van der Waals surface area (Å²) in [5.74, 6) is -0.721. The molecule has 6 fully saturated rings. The lowest BCUT2D eigenvalue weighted by Crippen LogP contribution is -2.63. The number of fused-ring (bicyclic) bond motifs is 7. The van der Waals surface area contributed by atoms with Crippen LogP contribution in [0.1, 0.15) is 77.1 Å². The van der Waals surface area contributed by atoms with E-state index in [1.807, 2.05) is 13.0 Å². The Morgan fingerprint density at radius 2 is 1.95 bits per heavy atom. The molecular formula is C35H42FNO7. The van der Waals surface area contributed by atoms with E-state index >= 15 is 4.39 Å². The van der Waals surface area contributed by atoms with Crippen molar-refractivity contribution in [2.45, 2.75) is 101 Å². The van der Waals surface area contributed by atoms with Crippen LogP contribution in [-0.4, -0.2) is 58.3 Å². The first-order valence-corrected chi connectivity index (χ1v) is 16.2. The fourth-order valence-corrected chi connectivity index (χ4v) is 11.2. The molecular weight excluding hydrogens is 565 g/mol. The number of aliphatic hydroxyl groups is 2. The van der Waals surface area contributed by atoms with Crippen LogP contribution in [0.5, 0.6) is 5.75 Å². The van der Waals surface area contributed by atoms with Crippen molar-refractivity contribution in [3.05, 3.63) is 53.4 Å². The molecule has 6 aliphatic carbocycles. The minimum atomic E-state index is -1.52. The Morgan fingerprint density at radius 3 is 2.66 bits per heavy atom. The van der Waals surface area contributed by atoms with Crippen LogP contribution in [0.3, 0.4) is 0 Å². The largest absolute Gasteiger partial charge is 0.490 e. The van der Waals surface area contributed by atoms with Crippen molar-refractivity contribution in [1.29, 1.82) is 0 Å². The summed E-state index contributed by atoms with van der Waals surface area (Å²) >= 11 is 0. The minimum Gasteiger partial charge on any atom is -0.490 e. The van der Waals surface area contributed by atoms with E-state index in [0.29, 0.717) is 17.6 Å². The lowest BCUT2D eigenvalue weighted by Gasteiger charge is -2.59. The van der Waals surface area contributed by atoms with Crippen LogP contribution in [0.15, 0.2) is 42.0 Å². The van der Waals surface area contributed by atoms with E-state index < -0.39 is 53.1 Å². The highest BCUT2D eigenvalue weighted by Crippen LogP contribution is 2.70. The van der Waals surface area contributed by atoms with Gasteiger partial charge in [0.1, 0.15) is 18.2 Å². The lowest BCUT2D eigenvalue weighted by molar-refractivity contribution is -0.201. The number of benzene rings is 1. The number of ether oxygens (including phenoxy) is 3. The molecule has 1 heterocycles. The fourth-order valence-electron chi connectivity index (χ4n) is 11.2. The average molecular weight is 608 g/mol. The van der Waals surface area contributed by atoms with Gasteiger partial charge in [-0.15, -0.1) is 0 Å². The van der Waals surface area contributed by atoms with E-state index in [1.54, 1.807) is 24.3 Å². The topological polar surface area (TPSA) is 128 Å². The molecule has 1 aromatic rings. The first kappa shape index (κ1) is 29.0. The van der Waals surface area contributed by atoms with E-state index in [0.717, 1.165) is 44.1 Å². The Morgan fingerprint density at radius 1 is 1.18 bits per heavy atom. The molecule has 0 unspecified atom stereocenters. The van der Waals surface area contributed by atoms with Crippen molar-refractivity contribution in [3.63, 3.8) is 0 Å². The molecule has 0 radical (unpaired) electrons. The van der Waals surface area contributed by atoms with Crippen molar-refractivity contribution in [2.24, 2.45) is 39.7 Å². The number of carbonyl (C=O) groups excluding carboxylic acids is 2. The zero-order valence-electron chi connectivity index (χ0n) is 25.3. The highest BCUT2D eigenvalue weighted by Gasteiger charge is 2.76. The summed E-state index contributed by atoms with van der Waals surface area (Å²) < 4.78 is 34.6. The van der Waals surface area contributed by atoms with Gasteiger partial charge >= 0.3 is 0 Å². The number of halogens is 1. The maximum absolute atomic E-state index is 15.6. The second-order valence-electron chi connectivity index (χ2n) is 15.3. The Labute approximate surface area is 256 Å². The third-order valence-electron chi connectivity index (χ3n) is 13.0. The summed E-state index contributed by atoms with van der Waals surface area (Å²) in [4.78, 5) is 25.9. The highest BCUT2D eigenvalue weighted by atomic mass is 19.1. The van der Waals surface area contributed by atoms with Crippen LogP contribution in [0.4, 0.5) is 4.39 Å². The molecule has 7 aliphatic rings. The average Bonchev–Trinajstić information content (AvgIpc) is 3.43. The summed E-state index contributed by atoms with van der Waals surface area (Å²) in [5.41, 5.74) is 4.68. The zero-order valence-corrected chi connectivity index (χ0v) is 25.3. The van der Waals surface area contributed by atoms with E-state index in [-0.39, 0.29) is 47.7 Å². The van der Waals surface area contributed by atoms with Gasteiger partial charge in [-0.25, -0.2) is 4.39 Å². The van der Waals surface area contributed by atoms with Crippen LogP contribution in [0.25, 0.3) is 0 Å². The Kier molecular flexibility index (Phi) is 6.29. The summed E-state index contributed by atoms with van der Waals surface area (Å²) in [6, 6.07) is 4.95. The Balaban J connectivity index is 1.05. The number of ketones is 2. The molecule has 44 heavy (non-hydrogen) atoms. The molecule has 5 saturated carbocycles. The molecule has 0 bridgehead atoms. The highest BCUT2D eigenvalue weighted by molar-refractivity contribution is 6.01. The quantitative estimate of drug-likeness (QED) is 0.457. The first-order chi connectivity index (χ1) is 20.9. The molecule has 1 spiro atoms. The first-order valence-electron chi connectivity index (χ1n) is 16.2. The van der Waals surface area contributed by atoms with E-state index in [9.17, 15) is 19.8 Å². The summed E-state index contributed by atoms with van der Waals surface area (Å²) in [5, 5.41) is 22.0. The van der Waals surface area contributed by atoms with E-state index in [2.05, 4.69) is 6.92 Å². The number of hydrogen-bond acceptors (Lipinski definition) is 8. The Hall–Kier alpha value is -2.43. The number of rotatable bonds is 5. The van der Waals surface area contributed by atoms with Gasteiger partial charge in [0.05, 0.1) is 18.3 Å². The van der Waals surface area contributed by atoms with Crippen molar-refractivity contribution in [3.8, 4) is 5.75 Å². The summed E-state index contributed by atoms with van der Waals surface area (Å²) in [6.07, 6.45) is 8.91. The normalized spacial score (nSPS) is 48.4. The molecule has 1 aromatic carbocycles. The number of hydrogen-bond donors (Lipinski definition) is 3. The smallest absolute Gasteiger partial charge is 0.193 e. The molecule has 8 rings (SSSR count). The minimum absolute atomic E-state index is 0.0241. The monoisotopic (exact) mass is 607 g/mol. The second kappa shape index (κ2) is 9.55. The molecule has 4 N–H and O–H groups in total. The number of nitrogens with two attached hydrogens (primary N) is 1. The maximum Gasteiger partial charge on any atom is 0.193 e. The van der Waals surface area contributed by atoms with Crippen LogP contribution < -0.4 is 10.5 Å². The molecule has 1 aliphatic heterocycles. The van der Waals surface area contributed by atoms with Gasteiger partial charge in [-0.05, 0) is 92.9 Å². The number of allylic oxidation sites excluding steroid dienone is 4. The van der Waals surface area contributed by atoms with Gasteiger partial charge in [0, 0.05) is 34.4 Å². The van der Waals surface area contributed by atoms with Crippen LogP contribution in [-0.2, 0) is 19.1 Å². The summed E-state index contributed by atoms with van der Waals surface area (Å²) in [7, 11) is 0. The molecule has 8 nitrogen and oxygen atoms in total. The van der Waals surface area contributed by atoms with E-state index in [1.165, 1.54) is 6.07 Å². The van der Waals surface area contributed by atoms with Gasteiger partial charge in [-0.1, -0.05) is 25.5 Å². The number of Topliss-reactive ketones (excluding diaryl/α,β-unsaturated/α-hetero) is 1. The number of aliphatic hydroxyl groups excluding tert-OH is 2. The molecule has 9 heteroatoms. The third kappa shape index (κ3) is 3.79. The lowest BCUT2D eigenvalue weighted by atomic mass is 9.46. The Bertz CT molecular complexity index is 1480. The van der Waals surface area contributed by atoms with Gasteiger partial charge in [0.15, 0.2) is 23.5 Å². The molecule has 236 valence electrons. The van der Waals surface area contributed by atoms with Gasteiger partial charge in [-0.2, -0.15) is 0 Å². The predicted molar refractivity (Wildman–Crippen MR) is 157 cm³/mol. The van der Waals surface area contributed by atoms with Crippen LogP contribution >= 0.6 is 0 Å². The SMILES string of the molecule is C[C@]12C=CC(=O)C=C1CC[C@@H]1[C@@H]2[C@@H](O)C[C@@]2(C)[C@H]1C[C@H]1O[C@@H](c3ccc(OC4CC5(CC(N)C5)C4)cc3F)O[C@]12C(=O)CO.